The number of benzene rings is 2. The quantitative estimate of drug-likeness (QED) is 0.518. The summed E-state index contributed by atoms with van der Waals surface area (Å²) >= 11 is 0. The van der Waals surface area contributed by atoms with Gasteiger partial charge in [-0.2, -0.15) is 0 Å². The Morgan fingerprint density at radius 3 is 2.36 bits per heavy atom. The summed E-state index contributed by atoms with van der Waals surface area (Å²) in [5.41, 5.74) is 1.63. The molecule has 4 rings (SSSR count). The number of piperazine rings is 1. The van der Waals surface area contributed by atoms with Gasteiger partial charge in [-0.1, -0.05) is 25.1 Å². The Bertz CT molecular complexity index is 1080. The smallest absolute Gasteiger partial charge is 0.250 e. The van der Waals surface area contributed by atoms with Crippen molar-refractivity contribution in [1.82, 2.24) is 9.80 Å². The van der Waals surface area contributed by atoms with Crippen molar-refractivity contribution in [2.75, 3.05) is 20.8 Å². The van der Waals surface area contributed by atoms with E-state index in [1.165, 1.54) is 0 Å². The molecule has 36 heavy (non-hydrogen) atoms. The molecule has 194 valence electrons. The van der Waals surface area contributed by atoms with Crippen molar-refractivity contribution in [1.29, 1.82) is 0 Å². The van der Waals surface area contributed by atoms with E-state index in [-0.39, 0.29) is 30.5 Å². The molecule has 2 aromatic carbocycles. The molecule has 0 unspecified atom stereocenters. The fourth-order valence-corrected chi connectivity index (χ4v) is 5.29. The maximum absolute atomic E-state index is 14.1. The molecule has 0 bridgehead atoms. The second-order valence-corrected chi connectivity index (χ2v) is 10.2. The Morgan fingerprint density at radius 2 is 1.69 bits per heavy atom. The molecule has 2 amide bonds. The molecule has 1 atom stereocenters. The van der Waals surface area contributed by atoms with Crippen molar-refractivity contribution in [3.63, 3.8) is 0 Å². The first kappa shape index (κ1) is 25.9. The molecule has 7 nitrogen and oxygen atoms in total. The van der Waals surface area contributed by atoms with Crippen LogP contribution in [0.15, 0.2) is 42.5 Å². The van der Waals surface area contributed by atoms with E-state index in [9.17, 15) is 9.59 Å². The van der Waals surface area contributed by atoms with E-state index in [2.05, 4.69) is 6.92 Å². The summed E-state index contributed by atoms with van der Waals surface area (Å²) in [6, 6.07) is 12.5. The van der Waals surface area contributed by atoms with Crippen molar-refractivity contribution in [2.45, 2.75) is 71.2 Å². The lowest BCUT2D eigenvalue weighted by molar-refractivity contribution is -0.160. The predicted molar refractivity (Wildman–Crippen MR) is 138 cm³/mol. The lowest BCUT2D eigenvalue weighted by Crippen LogP contribution is -2.58. The summed E-state index contributed by atoms with van der Waals surface area (Å²) in [5, 5.41) is 0. The highest BCUT2D eigenvalue weighted by Crippen LogP contribution is 2.38. The number of methoxy groups -OCH3 is 2. The maximum atomic E-state index is 14.1. The Kier molecular flexibility index (Phi) is 8.07. The number of nitrogens with zero attached hydrogens (tertiary/aromatic N) is 2. The number of ether oxygens (including phenoxy) is 3. The standard InChI is InChI=1S/C29H38N2O5/c1-19(2)36-25-14-11-22(16-26(25)35-5)28-29(33)30(23-12-9-20(3)10-13-23)18-27(32)31(28)17-21-7-6-8-24(15-21)34-4/h6-8,11,14-16,19-20,23,28H,9-10,12-13,17-18H2,1-5H3/t20?,23?,28-/m1/s1. The van der Waals surface area contributed by atoms with E-state index in [1.807, 2.05) is 61.2 Å². The normalized spacial score (nSPS) is 22.7. The minimum atomic E-state index is -0.737. The third-order valence-electron chi connectivity index (χ3n) is 7.23. The second-order valence-electron chi connectivity index (χ2n) is 10.2. The summed E-state index contributed by atoms with van der Waals surface area (Å²) < 4.78 is 16.9. The molecule has 0 aromatic heterocycles. The molecular formula is C29H38N2O5. The second kappa shape index (κ2) is 11.2. The van der Waals surface area contributed by atoms with Crippen LogP contribution < -0.4 is 14.2 Å². The average molecular weight is 495 g/mol. The van der Waals surface area contributed by atoms with Crippen molar-refractivity contribution in [3.8, 4) is 17.2 Å². The van der Waals surface area contributed by atoms with E-state index >= 15 is 0 Å². The first-order valence-corrected chi connectivity index (χ1v) is 12.9. The number of carbonyl (C=O) groups is 2. The van der Waals surface area contributed by atoms with Crippen LogP contribution in [-0.4, -0.2) is 54.5 Å². The zero-order chi connectivity index (χ0) is 25.8. The minimum Gasteiger partial charge on any atom is -0.497 e. The third-order valence-corrected chi connectivity index (χ3v) is 7.23. The molecule has 2 aromatic rings. The van der Waals surface area contributed by atoms with Crippen LogP contribution in [0, 0.1) is 5.92 Å². The van der Waals surface area contributed by atoms with Crippen LogP contribution in [-0.2, 0) is 16.1 Å². The van der Waals surface area contributed by atoms with Gasteiger partial charge >= 0.3 is 0 Å². The van der Waals surface area contributed by atoms with Gasteiger partial charge in [0.15, 0.2) is 11.5 Å². The van der Waals surface area contributed by atoms with Crippen molar-refractivity contribution < 1.29 is 23.8 Å². The van der Waals surface area contributed by atoms with E-state index < -0.39 is 6.04 Å². The van der Waals surface area contributed by atoms with Crippen LogP contribution in [0.2, 0.25) is 0 Å². The Labute approximate surface area is 214 Å². The van der Waals surface area contributed by atoms with Gasteiger partial charge in [0.2, 0.25) is 5.91 Å². The monoisotopic (exact) mass is 494 g/mol. The van der Waals surface area contributed by atoms with Gasteiger partial charge in [0.25, 0.3) is 5.91 Å². The van der Waals surface area contributed by atoms with Crippen molar-refractivity contribution in [3.05, 3.63) is 53.6 Å². The Hall–Kier alpha value is -3.22. The summed E-state index contributed by atoms with van der Waals surface area (Å²) in [6.07, 6.45) is 4.02. The van der Waals surface area contributed by atoms with Crippen LogP contribution in [0.4, 0.5) is 0 Å². The zero-order valence-corrected chi connectivity index (χ0v) is 22.0. The van der Waals surface area contributed by atoms with Crippen LogP contribution in [0.5, 0.6) is 17.2 Å². The van der Waals surface area contributed by atoms with E-state index in [0.717, 1.165) is 42.6 Å². The van der Waals surface area contributed by atoms with Crippen LogP contribution in [0.1, 0.15) is 63.6 Å². The molecular weight excluding hydrogens is 456 g/mol. The molecule has 1 saturated heterocycles. The van der Waals surface area contributed by atoms with Crippen LogP contribution in [0.25, 0.3) is 0 Å². The number of rotatable bonds is 8. The van der Waals surface area contributed by atoms with Gasteiger partial charge in [0.1, 0.15) is 18.3 Å². The van der Waals surface area contributed by atoms with Gasteiger partial charge in [-0.3, -0.25) is 9.59 Å². The van der Waals surface area contributed by atoms with Crippen molar-refractivity contribution in [2.24, 2.45) is 5.92 Å². The largest absolute Gasteiger partial charge is 0.497 e. The van der Waals surface area contributed by atoms with Gasteiger partial charge < -0.3 is 24.0 Å². The van der Waals surface area contributed by atoms with E-state index in [4.69, 9.17) is 14.2 Å². The lowest BCUT2D eigenvalue weighted by atomic mass is 9.85. The number of hydrogen-bond donors (Lipinski definition) is 0. The van der Waals surface area contributed by atoms with Gasteiger partial charge in [0, 0.05) is 12.6 Å². The summed E-state index contributed by atoms with van der Waals surface area (Å²) in [6.45, 7) is 6.59. The first-order valence-electron chi connectivity index (χ1n) is 12.9. The highest BCUT2D eigenvalue weighted by molar-refractivity contribution is 5.96. The zero-order valence-electron chi connectivity index (χ0n) is 22.0. The lowest BCUT2D eigenvalue weighted by Gasteiger charge is -2.45. The fourth-order valence-electron chi connectivity index (χ4n) is 5.29. The Balaban J connectivity index is 1.71. The van der Waals surface area contributed by atoms with Crippen LogP contribution in [0.3, 0.4) is 0 Å². The van der Waals surface area contributed by atoms with Gasteiger partial charge in [0.05, 0.1) is 20.3 Å². The third kappa shape index (κ3) is 5.61. The summed E-state index contributed by atoms with van der Waals surface area (Å²) in [4.78, 5) is 31.2. The molecule has 2 fully saturated rings. The van der Waals surface area contributed by atoms with Gasteiger partial charge in [-0.15, -0.1) is 0 Å². The highest BCUT2D eigenvalue weighted by Gasteiger charge is 2.43. The van der Waals surface area contributed by atoms with Crippen molar-refractivity contribution >= 4 is 11.8 Å². The number of carbonyl (C=O) groups excluding carboxylic acids is 2. The molecule has 0 radical (unpaired) electrons. The maximum Gasteiger partial charge on any atom is 0.250 e. The molecule has 1 heterocycles. The molecule has 0 N–H and O–H groups in total. The highest BCUT2D eigenvalue weighted by atomic mass is 16.5. The molecule has 0 spiro atoms. The molecule has 7 heteroatoms. The SMILES string of the molecule is COc1cccc(CN2C(=O)CN(C3CCC(C)CC3)C(=O)[C@H]2c2ccc(OC(C)C)c(OC)c2)c1. The van der Waals surface area contributed by atoms with Gasteiger partial charge in [-0.25, -0.2) is 0 Å². The van der Waals surface area contributed by atoms with Gasteiger partial charge in [-0.05, 0) is 80.8 Å². The molecule has 1 aliphatic heterocycles. The van der Waals surface area contributed by atoms with E-state index in [1.54, 1.807) is 19.1 Å². The minimum absolute atomic E-state index is 0.0172. The summed E-state index contributed by atoms with van der Waals surface area (Å²) in [5.74, 6) is 2.46. The molecule has 1 aliphatic carbocycles. The summed E-state index contributed by atoms with van der Waals surface area (Å²) in [7, 11) is 3.21. The fraction of sp³-hybridized carbons (Fsp3) is 0.517. The Morgan fingerprint density at radius 1 is 0.944 bits per heavy atom. The molecule has 2 aliphatic rings. The first-order chi connectivity index (χ1) is 17.3. The topological polar surface area (TPSA) is 68.3 Å². The number of amides is 2. The van der Waals surface area contributed by atoms with E-state index in [0.29, 0.717) is 24.0 Å². The average Bonchev–Trinajstić information content (AvgIpc) is 2.87. The van der Waals surface area contributed by atoms with Crippen LogP contribution >= 0.6 is 0 Å². The number of hydrogen-bond acceptors (Lipinski definition) is 5. The predicted octanol–water partition coefficient (Wildman–Crippen LogP) is 4.98. The molecule has 1 saturated carbocycles.